The molecule has 1 heterocycles. The van der Waals surface area contributed by atoms with E-state index < -0.39 is 0 Å². The van der Waals surface area contributed by atoms with Crippen LogP contribution in [0.1, 0.15) is 32.3 Å². The van der Waals surface area contributed by atoms with Crippen molar-refractivity contribution in [2.75, 3.05) is 26.3 Å². The molecule has 21 heavy (non-hydrogen) atoms. The van der Waals surface area contributed by atoms with Crippen molar-refractivity contribution in [2.24, 2.45) is 0 Å². The van der Waals surface area contributed by atoms with Gasteiger partial charge < -0.3 is 9.47 Å². The highest BCUT2D eigenvalue weighted by molar-refractivity contribution is 5.36. The minimum atomic E-state index is 0.320. The van der Waals surface area contributed by atoms with Gasteiger partial charge in [0.1, 0.15) is 5.75 Å². The first-order valence-corrected chi connectivity index (χ1v) is 7.71. The Morgan fingerprint density at radius 1 is 1.48 bits per heavy atom. The molecule has 1 aliphatic heterocycles. The molecule has 1 saturated heterocycles. The minimum absolute atomic E-state index is 0.320. The number of morpholine rings is 1. The van der Waals surface area contributed by atoms with Crippen molar-refractivity contribution in [3.05, 3.63) is 29.8 Å². The summed E-state index contributed by atoms with van der Waals surface area (Å²) in [6.07, 6.45) is 2.43. The Bertz CT molecular complexity index is 484. The number of ether oxygens (including phenoxy) is 2. The first-order chi connectivity index (χ1) is 10.2. The molecule has 0 bridgehead atoms. The van der Waals surface area contributed by atoms with Gasteiger partial charge >= 0.3 is 0 Å². The van der Waals surface area contributed by atoms with Gasteiger partial charge in [0.15, 0.2) is 0 Å². The second kappa shape index (κ2) is 8.02. The van der Waals surface area contributed by atoms with Gasteiger partial charge in [-0.1, -0.05) is 13.0 Å². The summed E-state index contributed by atoms with van der Waals surface area (Å²) in [5.74, 6) is 0.774. The molecule has 2 unspecified atom stereocenters. The summed E-state index contributed by atoms with van der Waals surface area (Å²) in [6, 6.07) is 9.97. The summed E-state index contributed by atoms with van der Waals surface area (Å²) >= 11 is 0. The van der Waals surface area contributed by atoms with E-state index in [1.54, 1.807) is 12.1 Å². The Kier molecular flexibility index (Phi) is 6.04. The maximum atomic E-state index is 8.86. The van der Waals surface area contributed by atoms with Gasteiger partial charge in [-0.25, -0.2) is 0 Å². The summed E-state index contributed by atoms with van der Waals surface area (Å²) in [5, 5.41) is 8.86. The molecule has 0 spiro atoms. The van der Waals surface area contributed by atoms with Crippen LogP contribution in [0, 0.1) is 11.3 Å². The Morgan fingerprint density at radius 3 is 3.10 bits per heavy atom. The molecule has 4 nitrogen and oxygen atoms in total. The van der Waals surface area contributed by atoms with Gasteiger partial charge in [0.05, 0.1) is 31.0 Å². The quantitative estimate of drug-likeness (QED) is 0.755. The van der Waals surface area contributed by atoms with Crippen LogP contribution in [-0.2, 0) is 4.74 Å². The Balaban J connectivity index is 1.74. The molecule has 0 aromatic heterocycles. The smallest absolute Gasteiger partial charge is 0.120 e. The maximum Gasteiger partial charge on any atom is 0.120 e. The normalized spacial score (nSPS) is 22.7. The lowest BCUT2D eigenvalue weighted by molar-refractivity contribution is -0.0567. The lowest BCUT2D eigenvalue weighted by Gasteiger charge is -2.38. The number of nitrogens with zero attached hydrogens (tertiary/aromatic N) is 2. The van der Waals surface area contributed by atoms with Crippen molar-refractivity contribution in [1.29, 1.82) is 5.26 Å². The number of benzene rings is 1. The van der Waals surface area contributed by atoms with E-state index in [0.717, 1.165) is 38.3 Å². The summed E-state index contributed by atoms with van der Waals surface area (Å²) < 4.78 is 11.4. The van der Waals surface area contributed by atoms with Gasteiger partial charge in [0.25, 0.3) is 0 Å². The van der Waals surface area contributed by atoms with E-state index in [4.69, 9.17) is 14.7 Å². The fourth-order valence-corrected chi connectivity index (χ4v) is 2.68. The standard InChI is InChI=1S/C17H24N2O2/c1-3-16-13-21-14(2)12-19(16)8-5-9-20-17-7-4-6-15(10-17)11-18/h4,6-7,10,14,16H,3,5,8-9,12-13H2,1-2H3. The average Bonchev–Trinajstić information content (AvgIpc) is 2.52. The highest BCUT2D eigenvalue weighted by Crippen LogP contribution is 2.16. The average molecular weight is 288 g/mol. The van der Waals surface area contributed by atoms with E-state index in [-0.39, 0.29) is 0 Å². The third-order valence-corrected chi connectivity index (χ3v) is 3.87. The highest BCUT2D eigenvalue weighted by Gasteiger charge is 2.24. The maximum absolute atomic E-state index is 8.86. The van der Waals surface area contributed by atoms with Gasteiger partial charge in [-0.2, -0.15) is 5.26 Å². The SMILES string of the molecule is CCC1COC(C)CN1CCCOc1cccc(C#N)c1. The molecule has 4 heteroatoms. The first kappa shape index (κ1) is 15.8. The number of hydrogen-bond donors (Lipinski definition) is 0. The lowest BCUT2D eigenvalue weighted by Crippen LogP contribution is -2.48. The molecule has 1 aliphatic rings. The van der Waals surface area contributed by atoms with Crippen LogP contribution in [0.4, 0.5) is 0 Å². The molecule has 0 N–H and O–H groups in total. The molecule has 0 amide bonds. The highest BCUT2D eigenvalue weighted by atomic mass is 16.5. The second-order valence-electron chi connectivity index (χ2n) is 5.54. The fraction of sp³-hybridized carbons (Fsp3) is 0.588. The summed E-state index contributed by atoms with van der Waals surface area (Å²) in [5.41, 5.74) is 0.639. The number of hydrogen-bond acceptors (Lipinski definition) is 4. The summed E-state index contributed by atoms with van der Waals surface area (Å²) in [7, 11) is 0. The van der Waals surface area contributed by atoms with Gasteiger partial charge in [-0.3, -0.25) is 4.90 Å². The first-order valence-electron chi connectivity index (χ1n) is 7.71. The molecule has 1 aromatic carbocycles. The van der Waals surface area contributed by atoms with Crippen molar-refractivity contribution in [2.45, 2.75) is 38.8 Å². The second-order valence-corrected chi connectivity index (χ2v) is 5.54. The van der Waals surface area contributed by atoms with Crippen molar-refractivity contribution in [3.8, 4) is 11.8 Å². The van der Waals surface area contributed by atoms with E-state index in [1.807, 2.05) is 12.1 Å². The van der Waals surface area contributed by atoms with E-state index in [2.05, 4.69) is 24.8 Å². The number of nitriles is 1. The third-order valence-electron chi connectivity index (χ3n) is 3.87. The molecule has 1 aromatic rings. The lowest BCUT2D eigenvalue weighted by atomic mass is 10.1. The Hall–Kier alpha value is -1.57. The van der Waals surface area contributed by atoms with Crippen LogP contribution in [-0.4, -0.2) is 43.3 Å². The van der Waals surface area contributed by atoms with E-state index in [0.29, 0.717) is 24.3 Å². The summed E-state index contributed by atoms with van der Waals surface area (Å²) in [4.78, 5) is 2.50. The summed E-state index contributed by atoms with van der Waals surface area (Å²) in [6.45, 7) is 7.88. The van der Waals surface area contributed by atoms with E-state index in [9.17, 15) is 0 Å². The largest absolute Gasteiger partial charge is 0.494 e. The number of rotatable bonds is 6. The topological polar surface area (TPSA) is 45.5 Å². The Morgan fingerprint density at radius 2 is 2.33 bits per heavy atom. The minimum Gasteiger partial charge on any atom is -0.494 e. The molecule has 114 valence electrons. The van der Waals surface area contributed by atoms with Crippen molar-refractivity contribution in [1.82, 2.24) is 4.90 Å². The zero-order valence-electron chi connectivity index (χ0n) is 12.9. The molecule has 2 rings (SSSR count). The third kappa shape index (κ3) is 4.73. The fourth-order valence-electron chi connectivity index (χ4n) is 2.68. The van der Waals surface area contributed by atoms with Crippen LogP contribution in [0.25, 0.3) is 0 Å². The van der Waals surface area contributed by atoms with Crippen LogP contribution in [0.2, 0.25) is 0 Å². The predicted molar refractivity (Wildman–Crippen MR) is 82.3 cm³/mol. The van der Waals surface area contributed by atoms with Crippen LogP contribution in [0.15, 0.2) is 24.3 Å². The van der Waals surface area contributed by atoms with Crippen molar-refractivity contribution >= 4 is 0 Å². The zero-order chi connectivity index (χ0) is 15.1. The van der Waals surface area contributed by atoms with Crippen LogP contribution in [0.3, 0.4) is 0 Å². The zero-order valence-corrected chi connectivity index (χ0v) is 12.9. The van der Waals surface area contributed by atoms with Crippen molar-refractivity contribution in [3.63, 3.8) is 0 Å². The van der Waals surface area contributed by atoms with Gasteiger partial charge in [-0.15, -0.1) is 0 Å². The molecule has 0 saturated carbocycles. The predicted octanol–water partition coefficient (Wildman–Crippen LogP) is 2.83. The van der Waals surface area contributed by atoms with Crippen LogP contribution in [0.5, 0.6) is 5.75 Å². The molecule has 1 fully saturated rings. The van der Waals surface area contributed by atoms with E-state index in [1.165, 1.54) is 0 Å². The molecule has 2 atom stereocenters. The molecule has 0 radical (unpaired) electrons. The molecule has 0 aliphatic carbocycles. The molecular formula is C17H24N2O2. The Labute approximate surface area is 127 Å². The van der Waals surface area contributed by atoms with E-state index >= 15 is 0 Å². The van der Waals surface area contributed by atoms with Gasteiger partial charge in [0, 0.05) is 19.1 Å². The monoisotopic (exact) mass is 288 g/mol. The van der Waals surface area contributed by atoms with Gasteiger partial charge in [-0.05, 0) is 38.0 Å². The van der Waals surface area contributed by atoms with Crippen molar-refractivity contribution < 1.29 is 9.47 Å². The van der Waals surface area contributed by atoms with Crippen LogP contribution >= 0.6 is 0 Å². The van der Waals surface area contributed by atoms with Gasteiger partial charge in [0.2, 0.25) is 0 Å². The van der Waals surface area contributed by atoms with Crippen LogP contribution < -0.4 is 4.74 Å². The molecular weight excluding hydrogens is 264 g/mol.